The number of hydrogen-bond acceptors (Lipinski definition) is 5. The summed E-state index contributed by atoms with van der Waals surface area (Å²) in [6, 6.07) is 3.76. The Morgan fingerprint density at radius 3 is 2.95 bits per heavy atom. The molecule has 0 spiro atoms. The Bertz CT molecular complexity index is 551. The van der Waals surface area contributed by atoms with Crippen molar-refractivity contribution >= 4 is 5.91 Å². The zero-order chi connectivity index (χ0) is 14.4. The molecular weight excluding hydrogens is 256 g/mol. The van der Waals surface area contributed by atoms with Gasteiger partial charge in [-0.15, -0.1) is 0 Å². The van der Waals surface area contributed by atoms with Crippen molar-refractivity contribution in [3.8, 4) is 0 Å². The molecule has 0 bridgehead atoms. The number of carbonyl (C=O) groups is 1. The molecule has 0 aliphatic rings. The summed E-state index contributed by atoms with van der Waals surface area (Å²) in [5.41, 5.74) is 0.973. The van der Waals surface area contributed by atoms with E-state index in [4.69, 9.17) is 4.52 Å². The molecule has 2 aromatic rings. The van der Waals surface area contributed by atoms with Gasteiger partial charge in [0.2, 0.25) is 11.8 Å². The molecular formula is C14H18N4O2. The maximum Gasteiger partial charge on any atom is 0.227 e. The Hall–Kier alpha value is -2.24. The summed E-state index contributed by atoms with van der Waals surface area (Å²) < 4.78 is 5.09. The van der Waals surface area contributed by atoms with Crippen LogP contribution in [-0.2, 0) is 17.8 Å². The number of nitrogens with one attached hydrogen (secondary N) is 1. The zero-order valence-corrected chi connectivity index (χ0v) is 11.7. The van der Waals surface area contributed by atoms with Crippen LogP contribution in [0.25, 0.3) is 0 Å². The van der Waals surface area contributed by atoms with E-state index in [0.717, 1.165) is 5.56 Å². The number of carbonyl (C=O) groups excluding carboxylic acids is 1. The molecule has 6 nitrogen and oxygen atoms in total. The smallest absolute Gasteiger partial charge is 0.227 e. The van der Waals surface area contributed by atoms with Crippen LogP contribution in [0, 0.1) is 0 Å². The number of aromatic nitrogens is 3. The number of amides is 1. The van der Waals surface area contributed by atoms with E-state index in [9.17, 15) is 4.79 Å². The Morgan fingerprint density at radius 1 is 1.45 bits per heavy atom. The van der Waals surface area contributed by atoms with Gasteiger partial charge in [0.05, 0.1) is 0 Å². The fourth-order valence-electron chi connectivity index (χ4n) is 1.62. The monoisotopic (exact) mass is 274 g/mol. The average molecular weight is 274 g/mol. The minimum atomic E-state index is -0.0434. The second-order valence-corrected chi connectivity index (χ2v) is 4.84. The number of aryl methyl sites for hydroxylation is 1. The highest BCUT2D eigenvalue weighted by Crippen LogP contribution is 2.10. The van der Waals surface area contributed by atoms with E-state index in [1.807, 2.05) is 26.0 Å². The molecule has 6 heteroatoms. The van der Waals surface area contributed by atoms with Crippen molar-refractivity contribution < 1.29 is 9.32 Å². The van der Waals surface area contributed by atoms with Gasteiger partial charge < -0.3 is 9.84 Å². The molecule has 0 unspecified atom stereocenters. The van der Waals surface area contributed by atoms with E-state index in [1.165, 1.54) is 0 Å². The summed E-state index contributed by atoms with van der Waals surface area (Å²) in [5.74, 6) is 1.37. The summed E-state index contributed by atoms with van der Waals surface area (Å²) >= 11 is 0. The molecule has 0 aliphatic carbocycles. The molecule has 0 fully saturated rings. The van der Waals surface area contributed by atoms with Crippen LogP contribution in [0.1, 0.15) is 43.5 Å². The van der Waals surface area contributed by atoms with Crippen LogP contribution in [0.4, 0.5) is 0 Å². The fraction of sp³-hybridized carbons (Fsp3) is 0.429. The first-order chi connectivity index (χ1) is 9.65. The maximum atomic E-state index is 11.7. The third kappa shape index (κ3) is 4.15. The highest BCUT2D eigenvalue weighted by atomic mass is 16.5. The van der Waals surface area contributed by atoms with E-state index in [2.05, 4.69) is 20.4 Å². The van der Waals surface area contributed by atoms with E-state index >= 15 is 0 Å². The highest BCUT2D eigenvalue weighted by molar-refractivity contribution is 5.75. The van der Waals surface area contributed by atoms with Gasteiger partial charge in [-0.2, -0.15) is 4.98 Å². The summed E-state index contributed by atoms with van der Waals surface area (Å²) in [4.78, 5) is 19.9. The number of hydrogen-bond donors (Lipinski definition) is 1. The molecule has 1 amide bonds. The van der Waals surface area contributed by atoms with E-state index in [1.54, 1.807) is 12.4 Å². The molecule has 0 saturated heterocycles. The first-order valence-corrected chi connectivity index (χ1v) is 6.63. The Labute approximate surface area is 117 Å². The van der Waals surface area contributed by atoms with Crippen molar-refractivity contribution in [3.63, 3.8) is 0 Å². The van der Waals surface area contributed by atoms with E-state index in [-0.39, 0.29) is 11.8 Å². The van der Waals surface area contributed by atoms with Gasteiger partial charge in [-0.3, -0.25) is 9.78 Å². The third-order valence-corrected chi connectivity index (χ3v) is 2.78. The molecule has 2 rings (SSSR count). The van der Waals surface area contributed by atoms with Crippen LogP contribution in [0.15, 0.2) is 29.0 Å². The largest absolute Gasteiger partial charge is 0.352 e. The molecule has 0 atom stereocenters. The van der Waals surface area contributed by atoms with E-state index < -0.39 is 0 Å². The molecule has 20 heavy (non-hydrogen) atoms. The molecule has 2 heterocycles. The van der Waals surface area contributed by atoms with Gasteiger partial charge in [0, 0.05) is 37.7 Å². The second kappa shape index (κ2) is 6.79. The molecule has 0 radical (unpaired) electrons. The number of pyridine rings is 1. The Morgan fingerprint density at radius 2 is 2.30 bits per heavy atom. The normalized spacial score (nSPS) is 10.8. The third-order valence-electron chi connectivity index (χ3n) is 2.78. The predicted molar refractivity (Wildman–Crippen MR) is 72.8 cm³/mol. The van der Waals surface area contributed by atoms with Crippen LogP contribution >= 0.6 is 0 Å². The van der Waals surface area contributed by atoms with Gasteiger partial charge >= 0.3 is 0 Å². The Kier molecular flexibility index (Phi) is 4.81. The lowest BCUT2D eigenvalue weighted by atomic mass is 10.2. The van der Waals surface area contributed by atoms with Crippen LogP contribution in [-0.4, -0.2) is 21.0 Å². The summed E-state index contributed by atoms with van der Waals surface area (Å²) in [6.45, 7) is 4.47. The SMILES string of the molecule is CC(C)c1noc(CCC(=O)NCc2cccnc2)n1. The first-order valence-electron chi connectivity index (χ1n) is 6.63. The van der Waals surface area contributed by atoms with Crippen molar-refractivity contribution in [2.75, 3.05) is 0 Å². The topological polar surface area (TPSA) is 80.9 Å². The lowest BCUT2D eigenvalue weighted by Gasteiger charge is -2.03. The van der Waals surface area contributed by atoms with Gasteiger partial charge in [0.15, 0.2) is 5.82 Å². The van der Waals surface area contributed by atoms with Crippen molar-refractivity contribution in [2.24, 2.45) is 0 Å². The number of nitrogens with zero attached hydrogens (tertiary/aromatic N) is 3. The van der Waals surface area contributed by atoms with Gasteiger partial charge in [0.25, 0.3) is 0 Å². The van der Waals surface area contributed by atoms with Gasteiger partial charge in [0.1, 0.15) is 0 Å². The first kappa shape index (κ1) is 14.2. The van der Waals surface area contributed by atoms with Crippen LogP contribution in [0.5, 0.6) is 0 Å². The van der Waals surface area contributed by atoms with Crippen LogP contribution < -0.4 is 5.32 Å². The molecule has 106 valence electrons. The minimum Gasteiger partial charge on any atom is -0.352 e. The molecule has 0 saturated carbocycles. The van der Waals surface area contributed by atoms with Gasteiger partial charge in [-0.1, -0.05) is 25.1 Å². The van der Waals surface area contributed by atoms with Gasteiger partial charge in [-0.25, -0.2) is 0 Å². The lowest BCUT2D eigenvalue weighted by Crippen LogP contribution is -2.23. The average Bonchev–Trinajstić information content (AvgIpc) is 2.93. The summed E-state index contributed by atoms with van der Waals surface area (Å²) in [6.07, 6.45) is 4.22. The van der Waals surface area contributed by atoms with E-state index in [0.29, 0.717) is 31.1 Å². The fourth-order valence-corrected chi connectivity index (χ4v) is 1.62. The zero-order valence-electron chi connectivity index (χ0n) is 11.7. The molecule has 2 aromatic heterocycles. The second-order valence-electron chi connectivity index (χ2n) is 4.84. The highest BCUT2D eigenvalue weighted by Gasteiger charge is 2.11. The molecule has 0 aliphatic heterocycles. The van der Waals surface area contributed by atoms with Crippen molar-refractivity contribution in [3.05, 3.63) is 41.8 Å². The predicted octanol–water partition coefficient (Wildman–Crippen LogP) is 1.84. The summed E-state index contributed by atoms with van der Waals surface area (Å²) in [5, 5.41) is 6.69. The minimum absolute atomic E-state index is 0.0434. The quantitative estimate of drug-likeness (QED) is 0.869. The lowest BCUT2D eigenvalue weighted by molar-refractivity contribution is -0.121. The molecule has 0 aromatic carbocycles. The van der Waals surface area contributed by atoms with Crippen LogP contribution in [0.3, 0.4) is 0 Å². The van der Waals surface area contributed by atoms with Gasteiger partial charge in [-0.05, 0) is 11.6 Å². The van der Waals surface area contributed by atoms with Crippen LogP contribution in [0.2, 0.25) is 0 Å². The molecule has 1 N–H and O–H groups in total. The summed E-state index contributed by atoms with van der Waals surface area (Å²) in [7, 11) is 0. The van der Waals surface area contributed by atoms with Crippen molar-refractivity contribution in [1.29, 1.82) is 0 Å². The van der Waals surface area contributed by atoms with Crippen molar-refractivity contribution in [2.45, 2.75) is 39.2 Å². The maximum absolute atomic E-state index is 11.7. The number of rotatable bonds is 6. The van der Waals surface area contributed by atoms with Crippen molar-refractivity contribution in [1.82, 2.24) is 20.4 Å². The Balaban J connectivity index is 1.74. The standard InChI is InChI=1S/C14H18N4O2/c1-10(2)14-17-13(20-18-14)6-5-12(19)16-9-11-4-3-7-15-8-11/h3-4,7-8,10H,5-6,9H2,1-2H3,(H,16,19).